The molecule has 0 saturated carbocycles. The first kappa shape index (κ1) is 14.7. The molecule has 6 heteroatoms. The number of alkyl halides is 1. The Kier molecular flexibility index (Phi) is 3.94. The minimum absolute atomic E-state index is 0.00537. The maximum Gasteiger partial charge on any atom is 0.290 e. The number of carbonyl (C=O) groups is 1. The van der Waals surface area contributed by atoms with Gasteiger partial charge in [0, 0.05) is 6.42 Å². The third-order valence-corrected chi connectivity index (χ3v) is 3.79. The first-order valence-corrected chi connectivity index (χ1v) is 7.00. The molecule has 1 aliphatic heterocycles. The Labute approximate surface area is 126 Å². The standard InChI is InChI=1S/C16H15F2NO3/c17-10-7-11(9-20)19(8-10)16(21)15-6-5-14(22-15)12-3-1-2-4-13(12)18/h1-6,10-11,20H,7-9H2/t10-,11-/m0/s1. The second-order valence-electron chi connectivity index (χ2n) is 5.27. The summed E-state index contributed by atoms with van der Waals surface area (Å²) < 4.78 is 32.6. The van der Waals surface area contributed by atoms with Gasteiger partial charge in [0.25, 0.3) is 5.91 Å². The van der Waals surface area contributed by atoms with Gasteiger partial charge < -0.3 is 14.4 Å². The van der Waals surface area contributed by atoms with Gasteiger partial charge >= 0.3 is 0 Å². The fourth-order valence-corrected chi connectivity index (χ4v) is 2.68. The Balaban J connectivity index is 1.85. The van der Waals surface area contributed by atoms with Crippen LogP contribution in [0.2, 0.25) is 0 Å². The summed E-state index contributed by atoms with van der Waals surface area (Å²) >= 11 is 0. The Morgan fingerprint density at radius 1 is 1.32 bits per heavy atom. The third kappa shape index (κ3) is 2.62. The van der Waals surface area contributed by atoms with Crippen LogP contribution >= 0.6 is 0 Å². The van der Waals surface area contributed by atoms with E-state index in [1.807, 2.05) is 0 Å². The minimum atomic E-state index is -1.15. The number of nitrogens with zero attached hydrogens (tertiary/aromatic N) is 1. The molecule has 1 amide bonds. The number of amides is 1. The van der Waals surface area contributed by atoms with Crippen molar-refractivity contribution in [3.05, 3.63) is 48.0 Å². The number of rotatable bonds is 3. The number of furan rings is 1. The fourth-order valence-electron chi connectivity index (χ4n) is 2.68. The van der Waals surface area contributed by atoms with E-state index in [0.717, 1.165) is 0 Å². The minimum Gasteiger partial charge on any atom is -0.451 e. The maximum absolute atomic E-state index is 13.7. The second kappa shape index (κ2) is 5.88. The SMILES string of the molecule is O=C(c1ccc(-c2ccccc2F)o1)N1C[C@@H](F)C[C@H]1CO. The van der Waals surface area contributed by atoms with Crippen LogP contribution in [0.25, 0.3) is 11.3 Å². The Morgan fingerprint density at radius 3 is 2.82 bits per heavy atom. The molecule has 1 fully saturated rings. The zero-order valence-electron chi connectivity index (χ0n) is 11.7. The number of hydrogen-bond donors (Lipinski definition) is 1. The molecule has 1 aromatic carbocycles. The first-order chi connectivity index (χ1) is 10.6. The van der Waals surface area contributed by atoms with Gasteiger partial charge in [-0.1, -0.05) is 12.1 Å². The van der Waals surface area contributed by atoms with Gasteiger partial charge in [-0.05, 0) is 24.3 Å². The van der Waals surface area contributed by atoms with Crippen molar-refractivity contribution in [2.45, 2.75) is 18.6 Å². The molecule has 1 N–H and O–H groups in total. The van der Waals surface area contributed by atoms with Gasteiger partial charge in [0.2, 0.25) is 0 Å². The van der Waals surface area contributed by atoms with Gasteiger partial charge in [-0.25, -0.2) is 8.78 Å². The van der Waals surface area contributed by atoms with Gasteiger partial charge in [-0.15, -0.1) is 0 Å². The molecule has 0 spiro atoms. The van der Waals surface area contributed by atoms with Crippen molar-refractivity contribution < 1.29 is 23.1 Å². The Bertz CT molecular complexity index is 686. The lowest BCUT2D eigenvalue weighted by molar-refractivity contribution is 0.0642. The highest BCUT2D eigenvalue weighted by molar-refractivity contribution is 5.92. The number of aliphatic hydroxyl groups is 1. The van der Waals surface area contributed by atoms with Gasteiger partial charge in [-0.3, -0.25) is 4.79 Å². The molecule has 2 atom stereocenters. The zero-order chi connectivity index (χ0) is 15.7. The van der Waals surface area contributed by atoms with E-state index >= 15 is 0 Å². The van der Waals surface area contributed by atoms with Crippen LogP contribution in [0.1, 0.15) is 17.0 Å². The van der Waals surface area contributed by atoms with E-state index in [4.69, 9.17) is 4.42 Å². The number of carbonyl (C=O) groups excluding carboxylic acids is 1. The molecule has 1 saturated heterocycles. The fraction of sp³-hybridized carbons (Fsp3) is 0.312. The van der Waals surface area contributed by atoms with Crippen LogP contribution in [0.4, 0.5) is 8.78 Å². The molecule has 2 aromatic rings. The van der Waals surface area contributed by atoms with E-state index in [1.165, 1.54) is 23.1 Å². The normalized spacial score (nSPS) is 21.3. The van der Waals surface area contributed by atoms with Crippen molar-refractivity contribution in [2.75, 3.05) is 13.2 Å². The van der Waals surface area contributed by atoms with Crippen LogP contribution in [0.3, 0.4) is 0 Å². The molecule has 4 nitrogen and oxygen atoms in total. The molecular formula is C16H15F2NO3. The summed E-state index contributed by atoms with van der Waals surface area (Å²) in [4.78, 5) is 13.6. The summed E-state index contributed by atoms with van der Waals surface area (Å²) in [5, 5.41) is 9.23. The summed E-state index contributed by atoms with van der Waals surface area (Å²) in [5.41, 5.74) is 0.255. The van der Waals surface area contributed by atoms with Crippen molar-refractivity contribution in [3.8, 4) is 11.3 Å². The van der Waals surface area contributed by atoms with E-state index in [1.54, 1.807) is 18.2 Å². The quantitative estimate of drug-likeness (QED) is 0.948. The van der Waals surface area contributed by atoms with Crippen molar-refractivity contribution in [1.29, 1.82) is 0 Å². The van der Waals surface area contributed by atoms with Gasteiger partial charge in [0.1, 0.15) is 17.7 Å². The Hall–Kier alpha value is -2.21. The van der Waals surface area contributed by atoms with Crippen LogP contribution in [-0.4, -0.2) is 41.3 Å². The molecule has 0 radical (unpaired) electrons. The summed E-state index contributed by atoms with van der Waals surface area (Å²) in [5.74, 6) is -0.709. The average molecular weight is 307 g/mol. The number of likely N-dealkylation sites (tertiary alicyclic amines) is 1. The van der Waals surface area contributed by atoms with E-state index in [2.05, 4.69) is 0 Å². The van der Waals surface area contributed by atoms with Crippen LogP contribution < -0.4 is 0 Å². The summed E-state index contributed by atoms with van der Waals surface area (Å²) in [6.07, 6.45) is -1.04. The maximum atomic E-state index is 13.7. The molecule has 2 heterocycles. The van der Waals surface area contributed by atoms with Gasteiger partial charge in [-0.2, -0.15) is 0 Å². The predicted molar refractivity (Wildman–Crippen MR) is 75.5 cm³/mol. The van der Waals surface area contributed by atoms with Crippen molar-refractivity contribution in [2.24, 2.45) is 0 Å². The summed E-state index contributed by atoms with van der Waals surface area (Å²) in [7, 11) is 0. The molecule has 0 unspecified atom stereocenters. The van der Waals surface area contributed by atoms with Crippen LogP contribution in [0, 0.1) is 5.82 Å². The molecule has 3 rings (SSSR count). The summed E-state index contributed by atoms with van der Waals surface area (Å²) in [6, 6.07) is 8.46. The molecule has 22 heavy (non-hydrogen) atoms. The molecular weight excluding hydrogens is 292 g/mol. The average Bonchev–Trinajstić information content (AvgIpc) is 3.13. The number of halogens is 2. The lowest BCUT2D eigenvalue weighted by atomic mass is 10.1. The smallest absolute Gasteiger partial charge is 0.290 e. The highest BCUT2D eigenvalue weighted by Gasteiger charge is 2.36. The molecule has 116 valence electrons. The third-order valence-electron chi connectivity index (χ3n) is 3.79. The second-order valence-corrected chi connectivity index (χ2v) is 5.27. The Morgan fingerprint density at radius 2 is 2.09 bits per heavy atom. The largest absolute Gasteiger partial charge is 0.451 e. The monoisotopic (exact) mass is 307 g/mol. The van der Waals surface area contributed by atoms with Gasteiger partial charge in [0.15, 0.2) is 5.76 Å². The zero-order valence-corrected chi connectivity index (χ0v) is 11.7. The van der Waals surface area contributed by atoms with Gasteiger partial charge in [0.05, 0.1) is 24.8 Å². The van der Waals surface area contributed by atoms with Crippen molar-refractivity contribution in [3.63, 3.8) is 0 Å². The van der Waals surface area contributed by atoms with E-state index in [-0.39, 0.29) is 36.7 Å². The molecule has 1 aliphatic rings. The van der Waals surface area contributed by atoms with Crippen molar-refractivity contribution >= 4 is 5.91 Å². The first-order valence-electron chi connectivity index (χ1n) is 7.00. The number of hydrogen-bond acceptors (Lipinski definition) is 3. The lowest BCUT2D eigenvalue weighted by Crippen LogP contribution is -2.37. The van der Waals surface area contributed by atoms with E-state index in [9.17, 15) is 18.7 Å². The highest BCUT2D eigenvalue weighted by atomic mass is 19.1. The van der Waals surface area contributed by atoms with Crippen LogP contribution in [-0.2, 0) is 0 Å². The predicted octanol–water partition coefficient (Wildman–Crippen LogP) is 2.63. The summed E-state index contributed by atoms with van der Waals surface area (Å²) in [6.45, 7) is -0.368. The van der Waals surface area contributed by atoms with E-state index in [0.29, 0.717) is 0 Å². The molecule has 0 aliphatic carbocycles. The molecule has 1 aromatic heterocycles. The lowest BCUT2D eigenvalue weighted by Gasteiger charge is -2.21. The number of aliphatic hydroxyl groups excluding tert-OH is 1. The van der Waals surface area contributed by atoms with Crippen LogP contribution in [0.15, 0.2) is 40.8 Å². The highest BCUT2D eigenvalue weighted by Crippen LogP contribution is 2.27. The topological polar surface area (TPSA) is 53.7 Å². The van der Waals surface area contributed by atoms with Crippen molar-refractivity contribution in [1.82, 2.24) is 4.90 Å². The number of benzene rings is 1. The van der Waals surface area contributed by atoms with Crippen LogP contribution in [0.5, 0.6) is 0 Å². The molecule has 0 bridgehead atoms. The van der Waals surface area contributed by atoms with E-state index < -0.39 is 23.9 Å².